The molecule has 0 bridgehead atoms. The summed E-state index contributed by atoms with van der Waals surface area (Å²) in [6.45, 7) is 3.33. The molecular weight excluding hydrogens is 728 g/mol. The van der Waals surface area contributed by atoms with E-state index in [1.807, 2.05) is 18.0 Å². The van der Waals surface area contributed by atoms with Crippen molar-refractivity contribution < 1.29 is 63.7 Å². The van der Waals surface area contributed by atoms with Crippen molar-refractivity contribution in [1.29, 1.82) is 5.26 Å². The molecule has 21 nitrogen and oxygen atoms in total. The van der Waals surface area contributed by atoms with Crippen molar-refractivity contribution in [3.05, 3.63) is 18.6 Å². The highest BCUT2D eigenvalue weighted by atomic mass is 16.7. The van der Waals surface area contributed by atoms with Crippen LogP contribution in [0.4, 0.5) is 10.6 Å². The molecule has 11 atom stereocenters. The fraction of sp³-hybridized carbons (Fsp3) is 0.676. The fourth-order valence-electron chi connectivity index (χ4n) is 7.02. The average molecular weight is 777 g/mol. The Hall–Kier alpha value is -4.53. The standard InChI is InChI=1S/C34H48N8O13/c1-17-6-10-41(23(45)5-8-35)13-21(17)40(3)30-19-7-11-42(31(19)38-16-37-30)34(51)52-12-4-9-36-32(50)29-26(48)25(47)27(49)33(55-29)54-28-20(39-18(2)44)15-53-22(14-43)24(28)46/h7,11,16-17,20-22,24-29,33,43,46-49H,4-6,9-10,12-15H2,1-3H3,(H,36,50)(H,39,44)/t17-,20?,21+,22?,24?,25?,26?,27?,28?,29?,33?/m1/s1. The summed E-state index contributed by atoms with van der Waals surface area (Å²) in [5, 5.41) is 66.5. The molecular formula is C34H48N8O13. The number of likely N-dealkylation sites (tertiary alicyclic amines) is 1. The molecule has 7 N–H and O–H groups in total. The van der Waals surface area contributed by atoms with E-state index in [0.717, 1.165) is 6.42 Å². The third-order valence-electron chi connectivity index (χ3n) is 10.1. The van der Waals surface area contributed by atoms with E-state index in [4.69, 9.17) is 24.2 Å². The normalized spacial score (nSPS) is 31.0. The lowest BCUT2D eigenvalue weighted by molar-refractivity contribution is -0.319. The molecule has 0 radical (unpaired) electrons. The van der Waals surface area contributed by atoms with E-state index >= 15 is 0 Å². The Morgan fingerprint density at radius 2 is 1.89 bits per heavy atom. The van der Waals surface area contributed by atoms with Gasteiger partial charge in [0.25, 0.3) is 5.91 Å². The minimum Gasteiger partial charge on any atom is -0.449 e. The van der Waals surface area contributed by atoms with Crippen LogP contribution >= 0.6 is 0 Å². The Morgan fingerprint density at radius 3 is 2.60 bits per heavy atom. The van der Waals surface area contributed by atoms with Crippen LogP contribution in [0.15, 0.2) is 18.6 Å². The Kier molecular flexibility index (Phi) is 13.9. The Morgan fingerprint density at radius 1 is 1.13 bits per heavy atom. The number of hydrogen-bond acceptors (Lipinski definition) is 17. The molecule has 0 aromatic carbocycles. The minimum absolute atomic E-state index is 0.0542. The number of likely N-dealkylation sites (N-methyl/N-ethyl adjacent to an activating group) is 1. The van der Waals surface area contributed by atoms with Gasteiger partial charge in [0.05, 0.1) is 43.4 Å². The zero-order valence-electron chi connectivity index (χ0n) is 30.6. The summed E-state index contributed by atoms with van der Waals surface area (Å²) < 4.78 is 23.3. The molecule has 3 fully saturated rings. The zero-order valence-corrected chi connectivity index (χ0v) is 30.6. The monoisotopic (exact) mass is 776 g/mol. The predicted octanol–water partition coefficient (Wildman–Crippen LogP) is -3.04. The van der Waals surface area contributed by atoms with E-state index in [-0.39, 0.29) is 50.5 Å². The van der Waals surface area contributed by atoms with Gasteiger partial charge in [-0.2, -0.15) is 5.26 Å². The number of carbonyl (C=O) groups is 4. The average Bonchev–Trinajstić information content (AvgIpc) is 3.60. The predicted molar refractivity (Wildman–Crippen MR) is 187 cm³/mol. The molecule has 3 saturated heterocycles. The summed E-state index contributed by atoms with van der Waals surface area (Å²) in [6, 6.07) is 2.54. The van der Waals surface area contributed by atoms with E-state index in [0.29, 0.717) is 29.9 Å². The molecule has 2 aromatic rings. The number of nitrogens with zero attached hydrogens (tertiary/aromatic N) is 6. The molecule has 0 saturated carbocycles. The van der Waals surface area contributed by atoms with E-state index < -0.39 is 79.6 Å². The van der Waals surface area contributed by atoms with Gasteiger partial charge in [-0.05, 0) is 24.8 Å². The van der Waals surface area contributed by atoms with Gasteiger partial charge in [-0.3, -0.25) is 14.4 Å². The number of piperidine rings is 1. The molecule has 3 aliphatic rings. The second-order valence-corrected chi connectivity index (χ2v) is 13.8. The minimum atomic E-state index is -1.90. The number of aliphatic hydroxyl groups is 5. The summed E-state index contributed by atoms with van der Waals surface area (Å²) in [4.78, 5) is 62.6. The summed E-state index contributed by atoms with van der Waals surface area (Å²) in [7, 11) is 1.85. The second-order valence-electron chi connectivity index (χ2n) is 13.8. The Bertz CT molecular complexity index is 1720. The van der Waals surface area contributed by atoms with E-state index in [1.165, 1.54) is 24.0 Å². The Balaban J connectivity index is 1.14. The van der Waals surface area contributed by atoms with Crippen molar-refractivity contribution in [1.82, 2.24) is 30.1 Å². The molecule has 302 valence electrons. The first kappa shape index (κ1) is 41.6. The van der Waals surface area contributed by atoms with Crippen LogP contribution in [-0.2, 0) is 33.3 Å². The lowest BCUT2D eigenvalue weighted by atomic mass is 9.92. The van der Waals surface area contributed by atoms with Crippen LogP contribution in [-0.4, -0.2) is 176 Å². The summed E-state index contributed by atoms with van der Waals surface area (Å²) in [6.07, 6.45) is -10.3. The molecule has 5 heterocycles. The smallest absolute Gasteiger partial charge is 0.419 e. The van der Waals surface area contributed by atoms with Crippen LogP contribution in [0.2, 0.25) is 0 Å². The molecule has 5 rings (SSSR count). The number of hydrogen-bond donors (Lipinski definition) is 7. The molecule has 55 heavy (non-hydrogen) atoms. The second kappa shape index (κ2) is 18.4. The highest BCUT2D eigenvalue weighted by Crippen LogP contribution is 2.30. The van der Waals surface area contributed by atoms with E-state index in [9.17, 15) is 44.7 Å². The van der Waals surface area contributed by atoms with Gasteiger partial charge in [-0.25, -0.2) is 19.3 Å². The number of rotatable bonds is 12. The molecule has 9 unspecified atom stereocenters. The number of nitriles is 1. The number of ether oxygens (including phenoxy) is 4. The number of amides is 3. The lowest BCUT2D eigenvalue weighted by Crippen LogP contribution is -2.66. The first-order valence-electron chi connectivity index (χ1n) is 17.9. The number of anilines is 1. The number of fused-ring (bicyclic) bond motifs is 1. The zero-order chi connectivity index (χ0) is 40.0. The van der Waals surface area contributed by atoms with Crippen LogP contribution in [0.25, 0.3) is 11.0 Å². The summed E-state index contributed by atoms with van der Waals surface area (Å²) >= 11 is 0. The maximum atomic E-state index is 13.1. The highest BCUT2D eigenvalue weighted by Gasteiger charge is 2.50. The largest absolute Gasteiger partial charge is 0.449 e. The molecule has 2 aromatic heterocycles. The maximum absolute atomic E-state index is 13.1. The number of aromatic nitrogens is 3. The summed E-state index contributed by atoms with van der Waals surface area (Å²) in [5.74, 6) is -0.833. The van der Waals surface area contributed by atoms with E-state index in [1.54, 1.807) is 11.0 Å². The topological polar surface area (TPSA) is 291 Å². The molecule has 0 spiro atoms. The van der Waals surface area contributed by atoms with Gasteiger partial charge in [0.15, 0.2) is 18.0 Å². The van der Waals surface area contributed by atoms with Crippen LogP contribution in [0.3, 0.4) is 0 Å². The number of aliphatic hydroxyl groups excluding tert-OH is 5. The van der Waals surface area contributed by atoms with Gasteiger partial charge < -0.3 is 64.9 Å². The van der Waals surface area contributed by atoms with Gasteiger partial charge in [-0.1, -0.05) is 6.92 Å². The summed E-state index contributed by atoms with van der Waals surface area (Å²) in [5.41, 5.74) is 0.292. The third kappa shape index (κ3) is 9.30. The Labute approximate surface area is 315 Å². The third-order valence-corrected chi connectivity index (χ3v) is 10.1. The van der Waals surface area contributed by atoms with Crippen LogP contribution in [0, 0.1) is 17.2 Å². The van der Waals surface area contributed by atoms with Crippen LogP contribution < -0.4 is 15.5 Å². The number of carbonyl (C=O) groups excluding carboxylic acids is 4. The van der Waals surface area contributed by atoms with Crippen molar-refractivity contribution in [2.75, 3.05) is 51.4 Å². The number of nitrogens with one attached hydrogen (secondary N) is 2. The maximum Gasteiger partial charge on any atom is 0.419 e. The molecule has 0 aliphatic carbocycles. The van der Waals surface area contributed by atoms with Crippen LogP contribution in [0.1, 0.15) is 33.1 Å². The quantitative estimate of drug-likeness (QED) is 0.105. The molecule has 3 aliphatic heterocycles. The van der Waals surface area contributed by atoms with Gasteiger partial charge >= 0.3 is 6.09 Å². The van der Waals surface area contributed by atoms with Crippen molar-refractivity contribution in [3.63, 3.8) is 0 Å². The van der Waals surface area contributed by atoms with Crippen molar-refractivity contribution in [3.8, 4) is 6.07 Å². The highest BCUT2D eigenvalue weighted by molar-refractivity contribution is 5.93. The fourth-order valence-corrected chi connectivity index (χ4v) is 7.02. The van der Waals surface area contributed by atoms with Crippen LogP contribution in [0.5, 0.6) is 0 Å². The lowest BCUT2D eigenvalue weighted by Gasteiger charge is -2.45. The molecule has 3 amide bonds. The van der Waals surface area contributed by atoms with Crippen molar-refractivity contribution in [2.45, 2.75) is 94.2 Å². The molecule has 21 heteroatoms. The first-order chi connectivity index (χ1) is 26.3. The van der Waals surface area contributed by atoms with Gasteiger partial charge in [-0.15, -0.1) is 0 Å². The van der Waals surface area contributed by atoms with Gasteiger partial charge in [0.2, 0.25) is 11.8 Å². The first-order valence-corrected chi connectivity index (χ1v) is 17.9. The van der Waals surface area contributed by atoms with Crippen molar-refractivity contribution in [2.24, 2.45) is 5.92 Å². The van der Waals surface area contributed by atoms with Gasteiger partial charge in [0, 0.05) is 39.8 Å². The van der Waals surface area contributed by atoms with E-state index in [2.05, 4.69) is 27.5 Å². The van der Waals surface area contributed by atoms with Crippen molar-refractivity contribution >= 4 is 40.7 Å². The van der Waals surface area contributed by atoms with Gasteiger partial charge in [0.1, 0.15) is 55.2 Å². The SMILES string of the molecule is CC(=O)NC1COC(CO)C(O)C1OC1OC(C(=O)NCCCOC(=O)n2ccc3c(N(C)[C@H]4CN(C(=O)CC#N)CC[C@H]4C)ncnc32)C(O)C(O)C1O.